The van der Waals surface area contributed by atoms with E-state index in [-0.39, 0.29) is 6.10 Å². The van der Waals surface area contributed by atoms with E-state index in [4.69, 9.17) is 0 Å². The number of hydrogen-bond donors (Lipinski definition) is 2. The second-order valence-electron chi connectivity index (χ2n) is 5.27. The van der Waals surface area contributed by atoms with Crippen molar-refractivity contribution in [3.05, 3.63) is 0 Å². The second kappa shape index (κ2) is 8.08. The Morgan fingerprint density at radius 2 is 1.88 bits per heavy atom. The predicted octanol–water partition coefficient (Wildman–Crippen LogP) is 3.10. The molecule has 96 valence electrons. The molecule has 0 aromatic carbocycles. The van der Waals surface area contributed by atoms with Crippen molar-refractivity contribution in [1.82, 2.24) is 5.32 Å². The lowest BCUT2D eigenvalue weighted by Crippen LogP contribution is -2.39. The number of hydrogen-bond acceptors (Lipinski definition) is 2. The molecule has 2 N–H and O–H groups in total. The van der Waals surface area contributed by atoms with Crippen LogP contribution in [0.3, 0.4) is 0 Å². The Morgan fingerprint density at radius 1 is 1.19 bits per heavy atom. The first-order valence-electron chi connectivity index (χ1n) is 7.19. The molecule has 0 heterocycles. The van der Waals surface area contributed by atoms with Gasteiger partial charge in [0.1, 0.15) is 0 Å². The summed E-state index contributed by atoms with van der Waals surface area (Å²) in [7, 11) is 0. The molecule has 1 saturated carbocycles. The monoisotopic (exact) mass is 227 g/mol. The van der Waals surface area contributed by atoms with Crippen molar-refractivity contribution in [2.75, 3.05) is 6.54 Å². The van der Waals surface area contributed by atoms with E-state index in [0.29, 0.717) is 12.0 Å². The van der Waals surface area contributed by atoms with Crippen molar-refractivity contribution in [3.8, 4) is 0 Å². The van der Waals surface area contributed by atoms with E-state index in [1.165, 1.54) is 51.4 Å². The van der Waals surface area contributed by atoms with Crippen molar-refractivity contribution in [2.24, 2.45) is 5.92 Å². The maximum absolute atomic E-state index is 10.1. The van der Waals surface area contributed by atoms with Gasteiger partial charge in [-0.1, -0.05) is 39.5 Å². The summed E-state index contributed by atoms with van der Waals surface area (Å²) < 4.78 is 0. The zero-order valence-corrected chi connectivity index (χ0v) is 11.0. The van der Waals surface area contributed by atoms with E-state index in [1.807, 2.05) is 0 Å². The van der Waals surface area contributed by atoms with Crippen LogP contribution in [-0.4, -0.2) is 23.8 Å². The third kappa shape index (κ3) is 4.84. The maximum Gasteiger partial charge on any atom is 0.0692 e. The molecular weight excluding hydrogens is 198 g/mol. The summed E-state index contributed by atoms with van der Waals surface area (Å²) in [6.07, 6.45) is 9.96. The maximum atomic E-state index is 10.1. The van der Waals surface area contributed by atoms with Gasteiger partial charge in [-0.15, -0.1) is 0 Å². The van der Waals surface area contributed by atoms with E-state index in [2.05, 4.69) is 19.2 Å². The average Bonchev–Trinajstić information content (AvgIpc) is 2.35. The van der Waals surface area contributed by atoms with E-state index in [9.17, 15) is 5.11 Å². The van der Waals surface area contributed by atoms with Crippen molar-refractivity contribution in [1.29, 1.82) is 0 Å². The third-order valence-electron chi connectivity index (χ3n) is 3.94. The van der Waals surface area contributed by atoms with E-state index < -0.39 is 0 Å². The first-order chi connectivity index (χ1) is 7.77. The van der Waals surface area contributed by atoms with Gasteiger partial charge in [0.2, 0.25) is 0 Å². The van der Waals surface area contributed by atoms with Crippen LogP contribution in [0.5, 0.6) is 0 Å². The highest BCUT2D eigenvalue weighted by Gasteiger charge is 2.21. The molecule has 0 aromatic rings. The Labute approximate surface area is 101 Å². The van der Waals surface area contributed by atoms with Crippen molar-refractivity contribution in [2.45, 2.75) is 77.4 Å². The zero-order valence-electron chi connectivity index (χ0n) is 11.0. The minimum atomic E-state index is -0.119. The molecule has 2 atom stereocenters. The van der Waals surface area contributed by atoms with Gasteiger partial charge in [-0.25, -0.2) is 0 Å². The van der Waals surface area contributed by atoms with Crippen LogP contribution in [0.25, 0.3) is 0 Å². The fourth-order valence-electron chi connectivity index (χ4n) is 2.77. The molecule has 1 aliphatic carbocycles. The Morgan fingerprint density at radius 3 is 2.44 bits per heavy atom. The zero-order chi connectivity index (χ0) is 11.8. The van der Waals surface area contributed by atoms with Crippen LogP contribution >= 0.6 is 0 Å². The van der Waals surface area contributed by atoms with Crippen molar-refractivity contribution >= 4 is 0 Å². The van der Waals surface area contributed by atoms with Gasteiger partial charge in [-0.05, 0) is 31.6 Å². The van der Waals surface area contributed by atoms with Crippen LogP contribution in [-0.2, 0) is 0 Å². The molecule has 2 heteroatoms. The highest BCUT2D eigenvalue weighted by molar-refractivity contribution is 4.76. The van der Waals surface area contributed by atoms with Crippen molar-refractivity contribution < 1.29 is 5.11 Å². The van der Waals surface area contributed by atoms with Crippen LogP contribution in [0.2, 0.25) is 0 Å². The minimum absolute atomic E-state index is 0.119. The first-order valence-corrected chi connectivity index (χ1v) is 7.19. The number of nitrogens with one attached hydrogen (secondary N) is 1. The Balaban J connectivity index is 2.19. The molecule has 1 rings (SSSR count). The van der Waals surface area contributed by atoms with Crippen LogP contribution in [0.1, 0.15) is 65.2 Å². The van der Waals surface area contributed by atoms with Gasteiger partial charge in [0.05, 0.1) is 6.10 Å². The van der Waals surface area contributed by atoms with Gasteiger partial charge in [0.15, 0.2) is 0 Å². The third-order valence-corrected chi connectivity index (χ3v) is 3.94. The highest BCUT2D eigenvalue weighted by atomic mass is 16.3. The van der Waals surface area contributed by atoms with Gasteiger partial charge < -0.3 is 10.4 Å². The summed E-state index contributed by atoms with van der Waals surface area (Å²) in [6.45, 7) is 5.24. The summed E-state index contributed by atoms with van der Waals surface area (Å²) in [5, 5.41) is 13.6. The lowest BCUT2D eigenvalue weighted by molar-refractivity contribution is 0.0809. The van der Waals surface area contributed by atoms with E-state index in [0.717, 1.165) is 6.54 Å². The lowest BCUT2D eigenvalue weighted by atomic mass is 9.85. The summed E-state index contributed by atoms with van der Waals surface area (Å²) >= 11 is 0. The summed E-state index contributed by atoms with van der Waals surface area (Å²) in [5.41, 5.74) is 0. The Bertz CT molecular complexity index is 166. The molecule has 0 aliphatic heterocycles. The van der Waals surface area contributed by atoms with Gasteiger partial charge >= 0.3 is 0 Å². The Hall–Kier alpha value is -0.0800. The average molecular weight is 227 g/mol. The molecule has 1 fully saturated rings. The highest BCUT2D eigenvalue weighted by Crippen LogP contribution is 2.26. The summed E-state index contributed by atoms with van der Waals surface area (Å²) in [5.74, 6) is 0.556. The molecular formula is C14H29NO. The largest absolute Gasteiger partial charge is 0.392 e. The second-order valence-corrected chi connectivity index (χ2v) is 5.27. The number of rotatable bonds is 7. The molecule has 0 aromatic heterocycles. The predicted molar refractivity (Wildman–Crippen MR) is 69.6 cm³/mol. The fourth-order valence-corrected chi connectivity index (χ4v) is 2.77. The SMILES string of the molecule is CCCC(CC)NCC(O)C1CCCCC1. The topological polar surface area (TPSA) is 32.3 Å². The first kappa shape index (κ1) is 14.0. The van der Waals surface area contributed by atoms with E-state index >= 15 is 0 Å². The molecule has 16 heavy (non-hydrogen) atoms. The van der Waals surface area contributed by atoms with E-state index in [1.54, 1.807) is 0 Å². The molecule has 1 aliphatic rings. The standard InChI is InChI=1S/C14H29NO/c1-3-8-13(4-2)15-11-14(16)12-9-6-5-7-10-12/h12-16H,3-11H2,1-2H3. The van der Waals surface area contributed by atoms with Crippen LogP contribution < -0.4 is 5.32 Å². The van der Waals surface area contributed by atoms with Gasteiger partial charge in [0.25, 0.3) is 0 Å². The van der Waals surface area contributed by atoms with Crippen molar-refractivity contribution in [3.63, 3.8) is 0 Å². The fraction of sp³-hybridized carbons (Fsp3) is 1.00. The molecule has 0 amide bonds. The molecule has 0 saturated heterocycles. The number of aliphatic hydroxyl groups is 1. The van der Waals surface area contributed by atoms with Gasteiger partial charge in [-0.2, -0.15) is 0 Å². The quantitative estimate of drug-likeness (QED) is 0.700. The lowest BCUT2D eigenvalue weighted by Gasteiger charge is -2.28. The Kier molecular flexibility index (Phi) is 7.06. The van der Waals surface area contributed by atoms with Gasteiger partial charge in [-0.3, -0.25) is 0 Å². The van der Waals surface area contributed by atoms with Crippen LogP contribution in [0, 0.1) is 5.92 Å². The van der Waals surface area contributed by atoms with Crippen LogP contribution in [0.15, 0.2) is 0 Å². The molecule has 2 nitrogen and oxygen atoms in total. The van der Waals surface area contributed by atoms with Crippen LogP contribution in [0.4, 0.5) is 0 Å². The smallest absolute Gasteiger partial charge is 0.0692 e. The molecule has 0 spiro atoms. The molecule has 0 radical (unpaired) electrons. The normalized spacial score (nSPS) is 21.9. The summed E-state index contributed by atoms with van der Waals surface area (Å²) in [4.78, 5) is 0. The minimum Gasteiger partial charge on any atom is -0.392 e. The molecule has 0 bridgehead atoms. The number of aliphatic hydroxyl groups excluding tert-OH is 1. The molecule has 2 unspecified atom stereocenters. The summed E-state index contributed by atoms with van der Waals surface area (Å²) in [6, 6.07) is 0.600. The van der Waals surface area contributed by atoms with Gasteiger partial charge in [0, 0.05) is 12.6 Å².